The first-order valence-corrected chi connectivity index (χ1v) is 7.71. The van der Waals surface area contributed by atoms with Crippen molar-refractivity contribution in [3.05, 3.63) is 34.9 Å². The Labute approximate surface area is 124 Å². The Balaban J connectivity index is 1.72. The highest BCUT2D eigenvalue weighted by Crippen LogP contribution is 2.49. The van der Waals surface area contributed by atoms with E-state index in [0.717, 1.165) is 37.7 Å². The zero-order valence-electron chi connectivity index (χ0n) is 11.4. The summed E-state index contributed by atoms with van der Waals surface area (Å²) in [6, 6.07) is 7.73. The minimum atomic E-state index is -0.354. The highest BCUT2D eigenvalue weighted by Gasteiger charge is 2.52. The van der Waals surface area contributed by atoms with Crippen LogP contribution >= 0.6 is 11.6 Å². The molecule has 108 valence electrons. The molecule has 0 bridgehead atoms. The Kier molecular flexibility index (Phi) is 3.74. The molecule has 2 N–H and O–H groups in total. The molecule has 2 aliphatic carbocycles. The number of amides is 1. The Bertz CT molecular complexity index is 496. The fraction of sp³-hybridized carbons (Fsp3) is 0.562. The van der Waals surface area contributed by atoms with Crippen LogP contribution in [-0.4, -0.2) is 23.7 Å². The van der Waals surface area contributed by atoms with E-state index in [9.17, 15) is 9.90 Å². The van der Waals surface area contributed by atoms with Gasteiger partial charge in [0.2, 0.25) is 5.91 Å². The van der Waals surface area contributed by atoms with Crippen molar-refractivity contribution >= 4 is 17.5 Å². The van der Waals surface area contributed by atoms with Gasteiger partial charge in [-0.3, -0.25) is 4.79 Å². The topological polar surface area (TPSA) is 49.3 Å². The first-order valence-electron chi connectivity index (χ1n) is 7.33. The molecule has 2 saturated carbocycles. The van der Waals surface area contributed by atoms with E-state index in [1.807, 2.05) is 24.3 Å². The number of halogens is 1. The average molecular weight is 294 g/mol. The van der Waals surface area contributed by atoms with Crippen molar-refractivity contribution in [1.29, 1.82) is 0 Å². The smallest absolute Gasteiger partial charge is 0.230 e. The van der Waals surface area contributed by atoms with Gasteiger partial charge in [-0.15, -0.1) is 0 Å². The second-order valence-corrected chi connectivity index (χ2v) is 6.48. The zero-order valence-corrected chi connectivity index (χ0v) is 12.2. The largest absolute Gasteiger partial charge is 0.396 e. The molecule has 0 spiro atoms. The van der Waals surface area contributed by atoms with Crippen LogP contribution in [0, 0.1) is 5.92 Å². The molecule has 2 aliphatic rings. The summed E-state index contributed by atoms with van der Waals surface area (Å²) in [5, 5.41) is 13.2. The average Bonchev–Trinajstić information content (AvgIpc) is 3.15. The number of rotatable bonds is 4. The normalized spacial score (nSPS) is 27.3. The van der Waals surface area contributed by atoms with Crippen LogP contribution in [0.15, 0.2) is 24.3 Å². The van der Waals surface area contributed by atoms with E-state index in [2.05, 4.69) is 5.32 Å². The number of nitrogens with one attached hydrogen (secondary N) is 1. The van der Waals surface area contributed by atoms with Crippen LogP contribution in [0.1, 0.15) is 37.7 Å². The van der Waals surface area contributed by atoms with E-state index in [1.165, 1.54) is 0 Å². The summed E-state index contributed by atoms with van der Waals surface area (Å²) in [4.78, 5) is 12.6. The van der Waals surface area contributed by atoms with Crippen molar-refractivity contribution in [1.82, 2.24) is 5.32 Å². The van der Waals surface area contributed by atoms with Crippen LogP contribution in [0.3, 0.4) is 0 Å². The third-order valence-electron chi connectivity index (χ3n) is 4.79. The molecule has 0 radical (unpaired) electrons. The van der Waals surface area contributed by atoms with E-state index < -0.39 is 0 Å². The third kappa shape index (κ3) is 2.45. The molecule has 0 aromatic heterocycles. The van der Waals surface area contributed by atoms with Crippen LogP contribution in [0.5, 0.6) is 0 Å². The highest BCUT2D eigenvalue weighted by molar-refractivity contribution is 6.30. The number of hydrogen-bond donors (Lipinski definition) is 2. The lowest BCUT2D eigenvalue weighted by atomic mass is 9.94. The molecule has 2 atom stereocenters. The fourth-order valence-electron chi connectivity index (χ4n) is 3.29. The van der Waals surface area contributed by atoms with Gasteiger partial charge in [0.05, 0.1) is 5.41 Å². The van der Waals surface area contributed by atoms with Gasteiger partial charge in [-0.25, -0.2) is 0 Å². The number of hydrogen-bond acceptors (Lipinski definition) is 2. The third-order valence-corrected chi connectivity index (χ3v) is 5.04. The van der Waals surface area contributed by atoms with Crippen molar-refractivity contribution in [3.8, 4) is 0 Å². The fourth-order valence-corrected chi connectivity index (χ4v) is 3.42. The van der Waals surface area contributed by atoms with Gasteiger partial charge in [0.15, 0.2) is 0 Å². The lowest BCUT2D eigenvalue weighted by Crippen LogP contribution is -2.44. The summed E-state index contributed by atoms with van der Waals surface area (Å²) in [5.41, 5.74) is 0.700. The van der Waals surface area contributed by atoms with Crippen LogP contribution < -0.4 is 5.32 Å². The van der Waals surface area contributed by atoms with Gasteiger partial charge in [-0.05, 0) is 43.4 Å². The Morgan fingerprint density at radius 1 is 1.30 bits per heavy atom. The Morgan fingerprint density at radius 2 is 2.00 bits per heavy atom. The van der Waals surface area contributed by atoms with E-state index in [-0.39, 0.29) is 29.9 Å². The lowest BCUT2D eigenvalue weighted by Gasteiger charge is -2.23. The number of carbonyl (C=O) groups is 1. The number of aliphatic hydroxyl groups is 1. The molecule has 2 unspecified atom stereocenters. The Hall–Kier alpha value is -1.06. The first kappa shape index (κ1) is 13.9. The second kappa shape index (κ2) is 5.38. The molecule has 20 heavy (non-hydrogen) atoms. The van der Waals surface area contributed by atoms with Crippen molar-refractivity contribution in [2.75, 3.05) is 6.61 Å². The molecule has 0 saturated heterocycles. The van der Waals surface area contributed by atoms with Crippen molar-refractivity contribution in [2.45, 2.75) is 43.6 Å². The van der Waals surface area contributed by atoms with Crippen LogP contribution in [0.25, 0.3) is 0 Å². The van der Waals surface area contributed by atoms with E-state index in [0.29, 0.717) is 5.02 Å². The highest BCUT2D eigenvalue weighted by atomic mass is 35.5. The SMILES string of the molecule is O=C(NC1CCCC1CO)C1(c2ccc(Cl)cc2)CC1. The van der Waals surface area contributed by atoms with Gasteiger partial charge in [-0.1, -0.05) is 30.2 Å². The minimum absolute atomic E-state index is 0.116. The predicted molar refractivity (Wildman–Crippen MR) is 78.7 cm³/mol. The van der Waals surface area contributed by atoms with Crippen LogP contribution in [-0.2, 0) is 10.2 Å². The maximum absolute atomic E-state index is 12.6. The molecule has 0 aliphatic heterocycles. The van der Waals surface area contributed by atoms with E-state index >= 15 is 0 Å². The van der Waals surface area contributed by atoms with E-state index in [1.54, 1.807) is 0 Å². The summed E-state index contributed by atoms with van der Waals surface area (Å²) < 4.78 is 0. The summed E-state index contributed by atoms with van der Waals surface area (Å²) in [6.45, 7) is 0.166. The van der Waals surface area contributed by atoms with Gasteiger partial charge >= 0.3 is 0 Å². The summed E-state index contributed by atoms with van der Waals surface area (Å²) in [6.07, 6.45) is 4.88. The molecule has 1 aromatic rings. The maximum atomic E-state index is 12.6. The first-order chi connectivity index (χ1) is 9.65. The van der Waals surface area contributed by atoms with Crippen LogP contribution in [0.2, 0.25) is 5.02 Å². The molecule has 3 rings (SSSR count). The summed E-state index contributed by atoms with van der Waals surface area (Å²) >= 11 is 5.91. The van der Waals surface area contributed by atoms with Crippen molar-refractivity contribution in [3.63, 3.8) is 0 Å². The molecule has 0 heterocycles. The minimum Gasteiger partial charge on any atom is -0.396 e. The number of benzene rings is 1. The quantitative estimate of drug-likeness (QED) is 0.896. The summed E-state index contributed by atoms with van der Waals surface area (Å²) in [7, 11) is 0. The van der Waals surface area contributed by atoms with Crippen molar-refractivity contribution in [2.24, 2.45) is 5.92 Å². The second-order valence-electron chi connectivity index (χ2n) is 6.04. The van der Waals surface area contributed by atoms with Gasteiger partial charge in [-0.2, -0.15) is 0 Å². The molecule has 4 heteroatoms. The predicted octanol–water partition coefficient (Wildman–Crippen LogP) is 2.65. The zero-order chi connectivity index (χ0) is 14.2. The maximum Gasteiger partial charge on any atom is 0.230 e. The van der Waals surface area contributed by atoms with Crippen LogP contribution in [0.4, 0.5) is 0 Å². The van der Waals surface area contributed by atoms with E-state index in [4.69, 9.17) is 11.6 Å². The molecule has 1 aromatic carbocycles. The molecule has 3 nitrogen and oxygen atoms in total. The Morgan fingerprint density at radius 3 is 2.60 bits per heavy atom. The molecular weight excluding hydrogens is 274 g/mol. The molecule has 1 amide bonds. The van der Waals surface area contributed by atoms with Gasteiger partial charge in [0.25, 0.3) is 0 Å². The van der Waals surface area contributed by atoms with Crippen molar-refractivity contribution < 1.29 is 9.90 Å². The lowest BCUT2D eigenvalue weighted by molar-refractivity contribution is -0.124. The van der Waals surface area contributed by atoms with Gasteiger partial charge in [0.1, 0.15) is 0 Å². The van der Waals surface area contributed by atoms with Gasteiger partial charge in [0, 0.05) is 23.6 Å². The standard InChI is InChI=1S/C16H20ClNO2/c17-13-6-4-12(5-7-13)16(8-9-16)15(20)18-14-3-1-2-11(14)10-19/h4-7,11,14,19H,1-3,8-10H2,(H,18,20). The molecular formula is C16H20ClNO2. The summed E-state index contributed by atoms with van der Waals surface area (Å²) in [5.74, 6) is 0.338. The number of aliphatic hydroxyl groups excluding tert-OH is 1. The number of carbonyl (C=O) groups excluding carboxylic acids is 1. The monoisotopic (exact) mass is 293 g/mol. The molecule has 2 fully saturated rings. The van der Waals surface area contributed by atoms with Gasteiger partial charge < -0.3 is 10.4 Å².